The normalized spacial score (nSPS) is 5.50. The van der Waals surface area contributed by atoms with Gasteiger partial charge in [-0.05, 0) is 0 Å². The minimum Gasteiger partial charge on any atom is 1.00 e. The molecule has 0 aliphatic rings. The Labute approximate surface area is 67.7 Å². The van der Waals surface area contributed by atoms with Crippen LogP contribution in [-0.2, 0) is 0 Å². The fourth-order valence-corrected chi connectivity index (χ4v) is 0. The van der Waals surface area contributed by atoms with E-state index in [1.807, 2.05) is 0 Å². The van der Waals surface area contributed by atoms with Crippen LogP contribution in [0, 0.1) is 0 Å². The maximum absolute atomic E-state index is 2.39. The van der Waals surface area contributed by atoms with Gasteiger partial charge in [0.15, 0.2) is 0 Å². The molecular formula is I3Li. The first-order valence-electron chi connectivity index (χ1n) is 0.286. The van der Waals surface area contributed by atoms with Crippen molar-refractivity contribution in [1.29, 1.82) is 0 Å². The predicted octanol–water partition coefficient (Wildman–Crippen LogP) is -4.22. The summed E-state index contributed by atoms with van der Waals surface area (Å²) in [6, 6.07) is 0. The maximum atomic E-state index is 2.39. The average Bonchev–Trinajstić information content (AvgIpc) is 0.918. The molecule has 0 N–H and O–H groups in total. The molecule has 4 heavy (non-hydrogen) atoms. The van der Waals surface area contributed by atoms with E-state index in [-0.39, 0.29) is 18.9 Å². The second-order valence-corrected chi connectivity index (χ2v) is 16.3. The first kappa shape index (κ1) is 9.92. The van der Waals surface area contributed by atoms with Gasteiger partial charge in [0.1, 0.15) is 0 Å². The fraction of sp³-hybridized carbons (Fsp3) is 0. The quantitative estimate of drug-likeness (QED) is 0.292. The van der Waals surface area contributed by atoms with Crippen molar-refractivity contribution in [3.63, 3.8) is 0 Å². The third kappa shape index (κ3) is 8.84. The van der Waals surface area contributed by atoms with Gasteiger partial charge < -0.3 is 0 Å². The Kier molecular flexibility index (Phi) is 22.9. The van der Waals surface area contributed by atoms with Gasteiger partial charge in [0, 0.05) is 0 Å². The SMILES string of the molecule is I[I-]I.[Li+]. The molecule has 22 valence electrons. The molecule has 0 aromatic heterocycles. The number of hydrogen-bond donors (Lipinski definition) is 0. The van der Waals surface area contributed by atoms with Gasteiger partial charge in [-0.15, -0.1) is 0 Å². The van der Waals surface area contributed by atoms with Crippen molar-refractivity contribution in [2.75, 3.05) is 0 Å². The standard InChI is InChI=1S/I3.Li/c1-3-2;/q-1;+1. The summed E-state index contributed by atoms with van der Waals surface area (Å²) in [6.07, 6.45) is 0. The van der Waals surface area contributed by atoms with Crippen molar-refractivity contribution in [1.82, 2.24) is 0 Å². The van der Waals surface area contributed by atoms with Gasteiger partial charge in [0.05, 0.1) is 0 Å². The second-order valence-electron chi connectivity index (χ2n) is 0.0540. The summed E-state index contributed by atoms with van der Waals surface area (Å²) in [6.45, 7) is 0. The molecule has 0 spiro atoms. The first-order chi connectivity index (χ1) is 1.41. The molecule has 0 heterocycles. The molecule has 0 atom stereocenters. The van der Waals surface area contributed by atoms with Crippen LogP contribution in [0.1, 0.15) is 0 Å². The van der Waals surface area contributed by atoms with Gasteiger partial charge in [0.25, 0.3) is 0 Å². The van der Waals surface area contributed by atoms with E-state index in [0.29, 0.717) is 13.3 Å². The van der Waals surface area contributed by atoms with Gasteiger partial charge in [-0.3, -0.25) is 0 Å². The van der Waals surface area contributed by atoms with Gasteiger partial charge in [-0.2, -0.15) is 0 Å². The Morgan fingerprint density at radius 2 is 1.25 bits per heavy atom. The maximum Gasteiger partial charge on any atom is 1.00 e. The van der Waals surface area contributed by atoms with Crippen molar-refractivity contribution >= 4 is 37.2 Å². The van der Waals surface area contributed by atoms with Crippen molar-refractivity contribution in [2.45, 2.75) is 0 Å². The van der Waals surface area contributed by atoms with Crippen LogP contribution in [0.25, 0.3) is 0 Å². The summed E-state index contributed by atoms with van der Waals surface area (Å²) in [4.78, 5) is 0. The summed E-state index contributed by atoms with van der Waals surface area (Å²) in [5, 5.41) is 0. The Balaban J connectivity index is 0. The first-order valence-corrected chi connectivity index (χ1v) is 12.9. The molecule has 0 unspecified atom stereocenters. The second kappa shape index (κ2) is 9.25. The molecule has 0 saturated heterocycles. The van der Waals surface area contributed by atoms with Crippen molar-refractivity contribution in [3.05, 3.63) is 0 Å². The molecule has 0 bridgehead atoms. The van der Waals surface area contributed by atoms with Crippen LogP contribution in [-0.4, -0.2) is 0 Å². The van der Waals surface area contributed by atoms with Crippen LogP contribution in [0.4, 0.5) is 0 Å². The van der Waals surface area contributed by atoms with E-state index in [9.17, 15) is 0 Å². The van der Waals surface area contributed by atoms with E-state index in [0.717, 1.165) is 0 Å². The molecule has 0 rings (SSSR count). The zero-order chi connectivity index (χ0) is 2.71. The van der Waals surface area contributed by atoms with Gasteiger partial charge in [-0.1, -0.05) is 0 Å². The van der Waals surface area contributed by atoms with E-state index in [1.165, 1.54) is 0 Å². The Bertz CT molecular complexity index is 3.25. The Morgan fingerprint density at radius 1 is 1.25 bits per heavy atom. The van der Waals surface area contributed by atoms with Crippen LogP contribution in [0.3, 0.4) is 0 Å². The molecule has 0 aromatic rings. The molecule has 0 fully saturated rings. The third-order valence-corrected chi connectivity index (χ3v) is 0. The van der Waals surface area contributed by atoms with E-state index in [4.69, 9.17) is 0 Å². The van der Waals surface area contributed by atoms with Crippen LogP contribution >= 0.6 is 37.2 Å². The van der Waals surface area contributed by atoms with Crippen LogP contribution in [0.5, 0.6) is 0 Å². The molecule has 0 radical (unpaired) electrons. The van der Waals surface area contributed by atoms with Crippen LogP contribution in [0.2, 0.25) is 0 Å². The van der Waals surface area contributed by atoms with E-state index in [2.05, 4.69) is 37.2 Å². The summed E-state index contributed by atoms with van der Waals surface area (Å²) in [5.74, 6) is 0. The predicted molar refractivity (Wildman–Crippen MR) is 28.0 cm³/mol. The molecule has 0 nitrogen and oxygen atoms in total. The van der Waals surface area contributed by atoms with E-state index >= 15 is 0 Å². The third-order valence-electron chi connectivity index (χ3n) is 0. The number of halogens is 3. The van der Waals surface area contributed by atoms with E-state index in [1.54, 1.807) is 0 Å². The van der Waals surface area contributed by atoms with Crippen molar-refractivity contribution in [2.24, 2.45) is 0 Å². The van der Waals surface area contributed by atoms with Crippen molar-refractivity contribution in [3.8, 4) is 0 Å². The zero-order valence-corrected chi connectivity index (χ0v) is 8.61. The molecule has 0 aliphatic heterocycles. The topological polar surface area (TPSA) is 0 Å². The molecule has 4 heteroatoms. The number of hydrogen-bond acceptors (Lipinski definition) is 0. The van der Waals surface area contributed by atoms with Gasteiger partial charge >= 0.3 is 69.3 Å². The number of rotatable bonds is 0. The largest absolute Gasteiger partial charge is 1.00 e. The zero-order valence-electron chi connectivity index (χ0n) is 2.13. The van der Waals surface area contributed by atoms with Gasteiger partial charge in [-0.25, -0.2) is 0 Å². The smallest absolute Gasteiger partial charge is 1.00 e. The summed E-state index contributed by atoms with van der Waals surface area (Å²) >= 11 is 5.30. The van der Waals surface area contributed by atoms with Gasteiger partial charge in [0.2, 0.25) is 0 Å². The van der Waals surface area contributed by atoms with Crippen LogP contribution < -0.4 is 32.1 Å². The molecule has 0 aliphatic carbocycles. The summed E-state index contributed by atoms with van der Waals surface area (Å²) in [7, 11) is 0. The minimum absolute atomic E-state index is 0. The molecular weight excluding hydrogens is 388 g/mol. The summed E-state index contributed by atoms with van der Waals surface area (Å²) < 4.78 is 0. The fourth-order valence-electron chi connectivity index (χ4n) is 0. The van der Waals surface area contributed by atoms with Crippen LogP contribution in [0.15, 0.2) is 0 Å². The van der Waals surface area contributed by atoms with E-state index < -0.39 is 0 Å². The molecule has 0 amide bonds. The Morgan fingerprint density at radius 3 is 1.25 bits per heavy atom. The monoisotopic (exact) mass is 388 g/mol. The molecule has 0 aromatic carbocycles. The minimum atomic E-state index is 0. The average molecular weight is 388 g/mol. The summed E-state index contributed by atoms with van der Waals surface area (Å²) in [5.41, 5.74) is 0. The molecule has 0 saturated carbocycles. The Hall–Kier alpha value is 2.79. The van der Waals surface area contributed by atoms with Crippen molar-refractivity contribution < 1.29 is 32.1 Å².